The predicted octanol–water partition coefficient (Wildman–Crippen LogP) is 1.50. The molecular formula is C10H13N3S. The molecule has 0 radical (unpaired) electrons. The maximum Gasteiger partial charge on any atom is 0.186 e. The number of nitrogens with zero attached hydrogens (tertiary/aromatic N) is 1. The van der Waals surface area contributed by atoms with Gasteiger partial charge in [-0.05, 0) is 24.7 Å². The lowest BCUT2D eigenvalue weighted by Gasteiger charge is -2.02. The number of thiocarbonyl (C=S) groups is 1. The molecule has 0 unspecified atom stereocenters. The molecule has 0 aliphatic carbocycles. The molecular weight excluding hydrogens is 194 g/mol. The average Bonchev–Trinajstić information content (AvgIpc) is 2.20. The molecule has 0 spiro atoms. The van der Waals surface area contributed by atoms with E-state index >= 15 is 0 Å². The van der Waals surface area contributed by atoms with Gasteiger partial charge in [0.05, 0.1) is 6.21 Å². The zero-order valence-electron chi connectivity index (χ0n) is 8.03. The van der Waals surface area contributed by atoms with Crippen LogP contribution in [0.3, 0.4) is 0 Å². The van der Waals surface area contributed by atoms with Crippen LogP contribution in [0.15, 0.2) is 35.4 Å². The molecule has 4 heteroatoms. The molecule has 1 aromatic carbocycles. The van der Waals surface area contributed by atoms with Gasteiger partial charge in [-0.3, -0.25) is 5.43 Å². The molecule has 0 saturated heterocycles. The van der Waals surface area contributed by atoms with E-state index in [2.05, 4.69) is 15.8 Å². The molecule has 0 aliphatic heterocycles. The van der Waals surface area contributed by atoms with Gasteiger partial charge >= 0.3 is 0 Å². The largest absolute Gasteiger partial charge is 0.362 e. The fourth-order valence-electron chi connectivity index (χ4n) is 0.905. The molecule has 0 aliphatic rings. The van der Waals surface area contributed by atoms with Crippen LogP contribution in [-0.4, -0.2) is 17.9 Å². The van der Waals surface area contributed by atoms with E-state index in [-0.39, 0.29) is 0 Å². The first kappa shape index (κ1) is 10.7. The molecule has 0 aromatic heterocycles. The van der Waals surface area contributed by atoms with Crippen LogP contribution in [-0.2, 0) is 0 Å². The standard InChI is InChI=1S/C10H13N3S/c1-2-11-10(14)13-12-8-9-6-4-3-5-7-9/h3-8H,2H2,1H3,(H2,11,13,14)/b12-8-. The van der Waals surface area contributed by atoms with E-state index in [1.807, 2.05) is 37.3 Å². The van der Waals surface area contributed by atoms with E-state index in [1.54, 1.807) is 6.21 Å². The van der Waals surface area contributed by atoms with E-state index in [0.717, 1.165) is 12.1 Å². The van der Waals surface area contributed by atoms with Gasteiger partial charge in [0, 0.05) is 6.54 Å². The third-order valence-corrected chi connectivity index (χ3v) is 1.75. The summed E-state index contributed by atoms with van der Waals surface area (Å²) in [6.07, 6.45) is 1.73. The molecule has 74 valence electrons. The van der Waals surface area contributed by atoms with Crippen molar-refractivity contribution in [2.75, 3.05) is 6.54 Å². The topological polar surface area (TPSA) is 36.4 Å². The normalized spacial score (nSPS) is 10.1. The first-order valence-electron chi connectivity index (χ1n) is 4.45. The third-order valence-electron chi connectivity index (χ3n) is 1.52. The van der Waals surface area contributed by atoms with Crippen molar-refractivity contribution in [2.24, 2.45) is 5.10 Å². The summed E-state index contributed by atoms with van der Waals surface area (Å²) in [4.78, 5) is 0. The van der Waals surface area contributed by atoms with Crippen LogP contribution in [0.25, 0.3) is 0 Å². The summed E-state index contributed by atoms with van der Waals surface area (Å²) in [5.41, 5.74) is 3.76. The van der Waals surface area contributed by atoms with Crippen LogP contribution >= 0.6 is 12.2 Å². The molecule has 0 bridgehead atoms. The van der Waals surface area contributed by atoms with Crippen molar-refractivity contribution in [3.63, 3.8) is 0 Å². The molecule has 0 atom stereocenters. The summed E-state index contributed by atoms with van der Waals surface area (Å²) in [5.74, 6) is 0. The fourth-order valence-corrected chi connectivity index (χ4v) is 1.10. The summed E-state index contributed by atoms with van der Waals surface area (Å²) in [6.45, 7) is 2.78. The van der Waals surface area contributed by atoms with Gasteiger partial charge in [-0.2, -0.15) is 5.10 Å². The molecule has 0 amide bonds. The number of hydrogen-bond acceptors (Lipinski definition) is 2. The Balaban J connectivity index is 2.38. The van der Waals surface area contributed by atoms with Crippen molar-refractivity contribution < 1.29 is 0 Å². The minimum atomic E-state index is 0.541. The number of rotatable bonds is 3. The van der Waals surface area contributed by atoms with Crippen LogP contribution in [0.2, 0.25) is 0 Å². The van der Waals surface area contributed by atoms with Gasteiger partial charge < -0.3 is 5.32 Å². The summed E-state index contributed by atoms with van der Waals surface area (Å²) in [5, 5.41) is 7.46. The molecule has 1 rings (SSSR count). The van der Waals surface area contributed by atoms with Crippen LogP contribution in [0.5, 0.6) is 0 Å². The minimum Gasteiger partial charge on any atom is -0.362 e. The number of hydrazone groups is 1. The Kier molecular flexibility index (Phi) is 4.64. The zero-order chi connectivity index (χ0) is 10.2. The van der Waals surface area contributed by atoms with Crippen molar-refractivity contribution in [3.05, 3.63) is 35.9 Å². The van der Waals surface area contributed by atoms with Gasteiger partial charge in [-0.25, -0.2) is 0 Å². The lowest BCUT2D eigenvalue weighted by atomic mass is 10.2. The van der Waals surface area contributed by atoms with Crippen LogP contribution in [0, 0.1) is 0 Å². The lowest BCUT2D eigenvalue weighted by Crippen LogP contribution is -2.31. The Bertz CT molecular complexity index is 308. The third kappa shape index (κ3) is 4.00. The monoisotopic (exact) mass is 207 g/mol. The average molecular weight is 207 g/mol. The summed E-state index contributed by atoms with van der Waals surface area (Å²) >= 11 is 4.93. The van der Waals surface area contributed by atoms with Crippen LogP contribution in [0.4, 0.5) is 0 Å². The molecule has 14 heavy (non-hydrogen) atoms. The highest BCUT2D eigenvalue weighted by atomic mass is 32.1. The first-order valence-corrected chi connectivity index (χ1v) is 4.85. The molecule has 0 saturated carbocycles. The van der Waals surface area contributed by atoms with E-state index in [1.165, 1.54) is 0 Å². The summed E-state index contributed by atoms with van der Waals surface area (Å²) in [7, 11) is 0. The molecule has 1 aromatic rings. The molecule has 2 N–H and O–H groups in total. The first-order chi connectivity index (χ1) is 6.83. The van der Waals surface area contributed by atoms with Gasteiger partial charge in [0.15, 0.2) is 5.11 Å². The van der Waals surface area contributed by atoms with Gasteiger partial charge in [0.2, 0.25) is 0 Å². The highest BCUT2D eigenvalue weighted by molar-refractivity contribution is 7.80. The molecule has 3 nitrogen and oxygen atoms in total. The number of benzene rings is 1. The Labute approximate surface area is 89.2 Å². The Morgan fingerprint density at radius 2 is 2.14 bits per heavy atom. The van der Waals surface area contributed by atoms with Gasteiger partial charge in [-0.15, -0.1) is 0 Å². The van der Waals surface area contributed by atoms with E-state index in [9.17, 15) is 0 Å². The Hall–Kier alpha value is -1.42. The van der Waals surface area contributed by atoms with Crippen LogP contribution < -0.4 is 10.7 Å². The Morgan fingerprint density at radius 1 is 1.43 bits per heavy atom. The van der Waals surface area contributed by atoms with Crippen molar-refractivity contribution in [1.29, 1.82) is 0 Å². The second kappa shape index (κ2) is 6.10. The van der Waals surface area contributed by atoms with E-state index in [4.69, 9.17) is 12.2 Å². The van der Waals surface area contributed by atoms with E-state index in [0.29, 0.717) is 5.11 Å². The van der Waals surface area contributed by atoms with Gasteiger partial charge in [-0.1, -0.05) is 30.3 Å². The van der Waals surface area contributed by atoms with E-state index < -0.39 is 0 Å². The lowest BCUT2D eigenvalue weighted by molar-refractivity contribution is 0.904. The molecule has 0 heterocycles. The smallest absolute Gasteiger partial charge is 0.186 e. The highest BCUT2D eigenvalue weighted by Gasteiger charge is 1.87. The number of nitrogens with one attached hydrogen (secondary N) is 2. The summed E-state index contributed by atoms with van der Waals surface area (Å²) < 4.78 is 0. The minimum absolute atomic E-state index is 0.541. The molecule has 0 fully saturated rings. The second-order valence-electron chi connectivity index (χ2n) is 2.64. The van der Waals surface area contributed by atoms with Crippen molar-refractivity contribution in [1.82, 2.24) is 10.7 Å². The Morgan fingerprint density at radius 3 is 2.79 bits per heavy atom. The van der Waals surface area contributed by atoms with Crippen LogP contribution in [0.1, 0.15) is 12.5 Å². The van der Waals surface area contributed by atoms with Crippen molar-refractivity contribution in [3.8, 4) is 0 Å². The van der Waals surface area contributed by atoms with Gasteiger partial charge in [0.25, 0.3) is 0 Å². The highest BCUT2D eigenvalue weighted by Crippen LogP contribution is 1.92. The van der Waals surface area contributed by atoms with Crippen molar-refractivity contribution >= 4 is 23.5 Å². The summed E-state index contributed by atoms with van der Waals surface area (Å²) in [6, 6.07) is 9.84. The van der Waals surface area contributed by atoms with Gasteiger partial charge in [0.1, 0.15) is 0 Å². The number of hydrogen-bond donors (Lipinski definition) is 2. The fraction of sp³-hybridized carbons (Fsp3) is 0.200. The zero-order valence-corrected chi connectivity index (χ0v) is 8.84. The van der Waals surface area contributed by atoms with Crippen molar-refractivity contribution in [2.45, 2.75) is 6.92 Å². The SMILES string of the molecule is CCNC(=S)N/N=C\c1ccccc1. The maximum absolute atomic E-state index is 4.93. The second-order valence-corrected chi connectivity index (χ2v) is 3.05. The quantitative estimate of drug-likeness (QED) is 0.448. The maximum atomic E-state index is 4.93. The predicted molar refractivity (Wildman–Crippen MR) is 63.4 cm³/mol.